The van der Waals surface area contributed by atoms with Crippen LogP contribution in [0.15, 0.2) is 47.4 Å². The molecule has 0 spiro atoms. The second kappa shape index (κ2) is 5.74. The average Bonchev–Trinajstić information content (AvgIpc) is 2.50. The van der Waals surface area contributed by atoms with Crippen LogP contribution in [0.5, 0.6) is 5.75 Å². The highest BCUT2D eigenvalue weighted by molar-refractivity contribution is 7.89. The number of hydrogen-bond donors (Lipinski definition) is 1. The van der Waals surface area contributed by atoms with Gasteiger partial charge in [-0.2, -0.15) is 0 Å². The Kier molecular flexibility index (Phi) is 3.93. The molecule has 0 amide bonds. The van der Waals surface area contributed by atoms with Crippen LogP contribution < -0.4 is 9.46 Å². The summed E-state index contributed by atoms with van der Waals surface area (Å²) in [6, 6.07) is 12.5. The molecule has 1 aliphatic rings. The van der Waals surface area contributed by atoms with E-state index >= 15 is 0 Å². The van der Waals surface area contributed by atoms with Gasteiger partial charge in [-0.25, -0.2) is 13.1 Å². The van der Waals surface area contributed by atoms with E-state index in [2.05, 4.69) is 4.72 Å². The molecular weight excluding hydrogens is 298 g/mol. The van der Waals surface area contributed by atoms with Gasteiger partial charge in [0, 0.05) is 12.0 Å². The number of fused-ring (bicyclic) bond motifs is 1. The van der Waals surface area contributed by atoms with Crippen molar-refractivity contribution >= 4 is 10.0 Å². The molecule has 1 atom stereocenters. The number of nitrogens with one attached hydrogen (secondary N) is 1. The molecule has 0 bridgehead atoms. The van der Waals surface area contributed by atoms with E-state index in [1.54, 1.807) is 12.1 Å². The van der Waals surface area contributed by atoms with Crippen molar-refractivity contribution in [3.8, 4) is 5.75 Å². The first-order valence-electron chi connectivity index (χ1n) is 7.29. The molecule has 0 aliphatic carbocycles. The minimum Gasteiger partial charge on any atom is -0.493 e. The third kappa shape index (κ3) is 2.87. The Morgan fingerprint density at radius 2 is 1.86 bits per heavy atom. The number of hydrogen-bond acceptors (Lipinski definition) is 3. The molecule has 116 valence electrons. The van der Waals surface area contributed by atoms with Gasteiger partial charge in [0.15, 0.2) is 0 Å². The minimum absolute atomic E-state index is 0.253. The van der Waals surface area contributed by atoms with Crippen molar-refractivity contribution in [2.75, 3.05) is 6.61 Å². The molecule has 4 nitrogen and oxygen atoms in total. The van der Waals surface area contributed by atoms with Crippen molar-refractivity contribution < 1.29 is 13.2 Å². The van der Waals surface area contributed by atoms with Gasteiger partial charge >= 0.3 is 0 Å². The smallest absolute Gasteiger partial charge is 0.241 e. The Balaban J connectivity index is 1.91. The first-order chi connectivity index (χ1) is 10.5. The van der Waals surface area contributed by atoms with E-state index in [4.69, 9.17) is 4.74 Å². The van der Waals surface area contributed by atoms with E-state index < -0.39 is 10.0 Å². The zero-order valence-electron chi connectivity index (χ0n) is 12.7. The number of para-hydroxylation sites is 1. The molecule has 1 unspecified atom stereocenters. The lowest BCUT2D eigenvalue weighted by atomic mass is 10.0. The van der Waals surface area contributed by atoms with E-state index in [0.29, 0.717) is 17.9 Å². The highest BCUT2D eigenvalue weighted by Gasteiger charge is 2.26. The highest BCUT2D eigenvalue weighted by Crippen LogP contribution is 2.32. The van der Waals surface area contributed by atoms with Gasteiger partial charge in [0.25, 0.3) is 0 Å². The maximum atomic E-state index is 12.6. The first kappa shape index (κ1) is 15.1. The van der Waals surface area contributed by atoms with Gasteiger partial charge in [0.2, 0.25) is 10.0 Å². The van der Waals surface area contributed by atoms with Gasteiger partial charge in [-0.1, -0.05) is 24.3 Å². The van der Waals surface area contributed by atoms with Gasteiger partial charge < -0.3 is 4.74 Å². The maximum absolute atomic E-state index is 12.6. The number of aryl methyl sites for hydroxylation is 2. The molecule has 1 heterocycles. The van der Waals surface area contributed by atoms with Crippen molar-refractivity contribution in [3.63, 3.8) is 0 Å². The summed E-state index contributed by atoms with van der Waals surface area (Å²) in [5, 5.41) is 0. The number of benzene rings is 2. The summed E-state index contributed by atoms with van der Waals surface area (Å²) in [5.74, 6) is 0.751. The SMILES string of the molecule is Cc1ccc(S(=O)(=O)NC2CCOc3ccccc32)cc1C. The van der Waals surface area contributed by atoms with Crippen molar-refractivity contribution in [2.45, 2.75) is 31.2 Å². The van der Waals surface area contributed by atoms with Crippen LogP contribution in [0.3, 0.4) is 0 Å². The van der Waals surface area contributed by atoms with Crippen molar-refractivity contribution in [3.05, 3.63) is 59.2 Å². The monoisotopic (exact) mass is 317 g/mol. The predicted molar refractivity (Wildman–Crippen MR) is 85.5 cm³/mol. The van der Waals surface area contributed by atoms with Crippen LogP contribution in [-0.4, -0.2) is 15.0 Å². The summed E-state index contributed by atoms with van der Waals surface area (Å²) in [5.41, 5.74) is 2.94. The van der Waals surface area contributed by atoms with Gasteiger partial charge in [-0.05, 0) is 43.2 Å². The Labute approximate surface area is 131 Å². The second-order valence-electron chi connectivity index (χ2n) is 5.59. The van der Waals surface area contributed by atoms with E-state index in [0.717, 1.165) is 22.4 Å². The largest absolute Gasteiger partial charge is 0.493 e. The molecule has 2 aromatic carbocycles. The summed E-state index contributed by atoms with van der Waals surface area (Å²) in [6.45, 7) is 4.39. The van der Waals surface area contributed by atoms with Crippen LogP contribution in [0, 0.1) is 13.8 Å². The Bertz CT molecular complexity index is 799. The lowest BCUT2D eigenvalue weighted by Gasteiger charge is -2.26. The molecule has 0 radical (unpaired) electrons. The van der Waals surface area contributed by atoms with Gasteiger partial charge in [0.05, 0.1) is 17.5 Å². The van der Waals surface area contributed by atoms with Crippen LogP contribution in [-0.2, 0) is 10.0 Å². The standard InChI is InChI=1S/C17H19NO3S/c1-12-7-8-14(11-13(12)2)22(19,20)18-16-9-10-21-17-6-4-3-5-15(16)17/h3-8,11,16,18H,9-10H2,1-2H3. The fraction of sp³-hybridized carbons (Fsp3) is 0.294. The van der Waals surface area contributed by atoms with Gasteiger partial charge in [0.1, 0.15) is 5.75 Å². The number of rotatable bonds is 3. The summed E-state index contributed by atoms with van der Waals surface area (Å²) >= 11 is 0. The predicted octanol–water partition coefficient (Wildman–Crippen LogP) is 3.11. The lowest BCUT2D eigenvalue weighted by molar-refractivity contribution is 0.263. The Hall–Kier alpha value is -1.85. The van der Waals surface area contributed by atoms with Crippen LogP contribution in [0.4, 0.5) is 0 Å². The summed E-state index contributed by atoms with van der Waals surface area (Å²) in [6.07, 6.45) is 0.626. The number of ether oxygens (including phenoxy) is 1. The molecule has 3 rings (SSSR count). The Morgan fingerprint density at radius 1 is 1.09 bits per heavy atom. The van der Waals surface area contributed by atoms with E-state index in [1.165, 1.54) is 0 Å². The molecule has 0 saturated heterocycles. The molecular formula is C17H19NO3S. The normalized spacial score (nSPS) is 17.6. The van der Waals surface area contributed by atoms with Crippen molar-refractivity contribution in [1.82, 2.24) is 4.72 Å². The second-order valence-corrected chi connectivity index (χ2v) is 7.31. The van der Waals surface area contributed by atoms with Crippen LogP contribution in [0.1, 0.15) is 29.2 Å². The van der Waals surface area contributed by atoms with E-state index in [-0.39, 0.29) is 6.04 Å². The molecule has 5 heteroatoms. The lowest BCUT2D eigenvalue weighted by Crippen LogP contribution is -2.32. The fourth-order valence-corrected chi connectivity index (χ4v) is 3.94. The third-order valence-corrected chi connectivity index (χ3v) is 5.51. The topological polar surface area (TPSA) is 55.4 Å². The summed E-state index contributed by atoms with van der Waals surface area (Å²) < 4.78 is 33.6. The molecule has 22 heavy (non-hydrogen) atoms. The van der Waals surface area contributed by atoms with Crippen LogP contribution >= 0.6 is 0 Å². The minimum atomic E-state index is -3.55. The van der Waals surface area contributed by atoms with Crippen LogP contribution in [0.2, 0.25) is 0 Å². The molecule has 1 aliphatic heterocycles. The first-order valence-corrected chi connectivity index (χ1v) is 8.77. The fourth-order valence-electron chi connectivity index (χ4n) is 2.60. The zero-order chi connectivity index (χ0) is 15.7. The van der Waals surface area contributed by atoms with Gasteiger partial charge in [-0.3, -0.25) is 0 Å². The van der Waals surface area contributed by atoms with E-state index in [9.17, 15) is 8.42 Å². The molecule has 1 N–H and O–H groups in total. The average molecular weight is 317 g/mol. The summed E-state index contributed by atoms with van der Waals surface area (Å²) in [4.78, 5) is 0.305. The summed E-state index contributed by atoms with van der Waals surface area (Å²) in [7, 11) is -3.55. The maximum Gasteiger partial charge on any atom is 0.241 e. The van der Waals surface area contributed by atoms with Crippen LogP contribution in [0.25, 0.3) is 0 Å². The molecule has 2 aromatic rings. The highest BCUT2D eigenvalue weighted by atomic mass is 32.2. The number of sulfonamides is 1. The Morgan fingerprint density at radius 3 is 2.64 bits per heavy atom. The molecule has 0 saturated carbocycles. The van der Waals surface area contributed by atoms with Gasteiger partial charge in [-0.15, -0.1) is 0 Å². The third-order valence-electron chi connectivity index (χ3n) is 4.04. The molecule has 0 aromatic heterocycles. The van der Waals surface area contributed by atoms with E-state index in [1.807, 2.05) is 44.2 Å². The van der Waals surface area contributed by atoms with Crippen molar-refractivity contribution in [1.29, 1.82) is 0 Å². The zero-order valence-corrected chi connectivity index (χ0v) is 13.5. The van der Waals surface area contributed by atoms with Crippen molar-refractivity contribution in [2.24, 2.45) is 0 Å². The quantitative estimate of drug-likeness (QED) is 0.946. The molecule has 0 fully saturated rings.